The number of likely N-dealkylation sites (N-methyl/N-ethyl adjacent to an activating group) is 1. The van der Waals surface area contributed by atoms with Gasteiger partial charge in [-0.15, -0.1) is 0 Å². The van der Waals surface area contributed by atoms with Crippen LogP contribution in [0.2, 0.25) is 0 Å². The summed E-state index contributed by atoms with van der Waals surface area (Å²) in [7, 11) is 4.03. The first-order valence-electron chi connectivity index (χ1n) is 7.24. The predicted molar refractivity (Wildman–Crippen MR) is 86.8 cm³/mol. The van der Waals surface area contributed by atoms with Gasteiger partial charge in [-0.3, -0.25) is 4.79 Å². The molecule has 1 unspecified atom stereocenters. The van der Waals surface area contributed by atoms with E-state index in [9.17, 15) is 24.6 Å². The molecule has 0 aliphatic heterocycles. The lowest BCUT2D eigenvalue weighted by Crippen LogP contribution is -2.43. The summed E-state index contributed by atoms with van der Waals surface area (Å²) >= 11 is 0. The first-order valence-corrected chi connectivity index (χ1v) is 7.24. The number of anilines is 1. The van der Waals surface area contributed by atoms with E-state index in [1.807, 2.05) is 49.3 Å². The van der Waals surface area contributed by atoms with Crippen LogP contribution in [-0.2, 0) is 14.4 Å². The maximum absolute atomic E-state index is 11.7. The van der Waals surface area contributed by atoms with Gasteiger partial charge < -0.3 is 29.6 Å². The molecule has 0 aromatic heterocycles. The van der Waals surface area contributed by atoms with Crippen molar-refractivity contribution in [2.75, 3.05) is 25.5 Å². The summed E-state index contributed by atoms with van der Waals surface area (Å²) < 4.78 is 0. The minimum Gasteiger partial charge on any atom is -0.545 e. The number of carbonyl (C=O) groups is 3. The Balaban J connectivity index is 0.000000561. The van der Waals surface area contributed by atoms with Gasteiger partial charge in [0.25, 0.3) is 0 Å². The Labute approximate surface area is 141 Å². The van der Waals surface area contributed by atoms with E-state index < -0.39 is 11.9 Å². The molecule has 0 saturated carbocycles. The standard InChI is InChI=1S/C13H20N2O.C4H4O4/c1-11(10-14(3)4)15(12(2)16)13-8-6-5-7-9-13;5-3(6)1-2-4(7)8/h5-9,11H,10H2,1-4H3;1-2H,(H,5,6)(H,7,8)/p-2/b;2-1+. The molecule has 0 radical (unpaired) electrons. The number of benzene rings is 1. The number of amides is 1. The summed E-state index contributed by atoms with van der Waals surface area (Å²) in [5.74, 6) is -3.01. The van der Waals surface area contributed by atoms with E-state index in [0.29, 0.717) is 12.2 Å². The molecule has 7 heteroatoms. The molecule has 0 aliphatic carbocycles. The average molecular weight is 334 g/mol. The molecular formula is C17H22N2O5-2. The maximum atomic E-state index is 11.7. The molecule has 0 fully saturated rings. The van der Waals surface area contributed by atoms with Gasteiger partial charge >= 0.3 is 0 Å². The molecule has 1 amide bonds. The molecule has 0 saturated heterocycles. The Bertz CT molecular complexity index is 554. The molecule has 7 nitrogen and oxygen atoms in total. The van der Waals surface area contributed by atoms with Crippen molar-refractivity contribution in [3.8, 4) is 0 Å². The van der Waals surface area contributed by atoms with Crippen molar-refractivity contribution in [3.63, 3.8) is 0 Å². The number of carboxylic acid groups (broad SMARTS) is 2. The topological polar surface area (TPSA) is 104 Å². The highest BCUT2D eigenvalue weighted by molar-refractivity contribution is 5.92. The fourth-order valence-electron chi connectivity index (χ4n) is 2.08. The van der Waals surface area contributed by atoms with Crippen molar-refractivity contribution in [1.82, 2.24) is 4.90 Å². The molecule has 24 heavy (non-hydrogen) atoms. The summed E-state index contributed by atoms with van der Waals surface area (Å²) in [6, 6.07) is 9.97. The zero-order valence-corrected chi connectivity index (χ0v) is 14.3. The van der Waals surface area contributed by atoms with Gasteiger partial charge in [-0.05, 0) is 45.3 Å². The minimum absolute atomic E-state index is 0.0838. The van der Waals surface area contributed by atoms with Crippen LogP contribution in [0.15, 0.2) is 42.5 Å². The van der Waals surface area contributed by atoms with Gasteiger partial charge in [0.1, 0.15) is 0 Å². The lowest BCUT2D eigenvalue weighted by molar-refractivity contribution is -0.301. The third kappa shape index (κ3) is 9.37. The minimum atomic E-state index is -1.55. The number of hydrogen-bond donors (Lipinski definition) is 0. The van der Waals surface area contributed by atoms with Crippen LogP contribution in [0.3, 0.4) is 0 Å². The SMILES string of the molecule is CC(=O)N(c1ccccc1)C(C)CN(C)C.O=C([O-])/C=C/C(=O)[O-]. The van der Waals surface area contributed by atoms with Crippen LogP contribution in [0.25, 0.3) is 0 Å². The zero-order valence-electron chi connectivity index (χ0n) is 14.3. The Morgan fingerprint density at radius 2 is 1.50 bits per heavy atom. The Morgan fingerprint density at radius 1 is 1.04 bits per heavy atom. The summed E-state index contributed by atoms with van der Waals surface area (Å²) in [5, 5.41) is 18.8. The molecule has 0 heterocycles. The van der Waals surface area contributed by atoms with Crippen LogP contribution in [0.1, 0.15) is 13.8 Å². The number of rotatable bonds is 6. The second kappa shape index (κ2) is 11.0. The largest absolute Gasteiger partial charge is 0.545 e. The smallest absolute Gasteiger partial charge is 0.224 e. The van der Waals surface area contributed by atoms with Crippen molar-refractivity contribution >= 4 is 23.5 Å². The summed E-state index contributed by atoms with van der Waals surface area (Å²) in [6.07, 6.45) is 0.769. The van der Waals surface area contributed by atoms with Crippen LogP contribution in [0, 0.1) is 0 Å². The van der Waals surface area contributed by atoms with E-state index >= 15 is 0 Å². The van der Waals surface area contributed by atoms with Crippen LogP contribution in [-0.4, -0.2) is 49.4 Å². The van der Waals surface area contributed by atoms with Crippen LogP contribution in [0.5, 0.6) is 0 Å². The highest BCUT2D eigenvalue weighted by atomic mass is 16.4. The first-order chi connectivity index (χ1) is 11.1. The highest BCUT2D eigenvalue weighted by Crippen LogP contribution is 2.16. The number of hydrogen-bond acceptors (Lipinski definition) is 6. The van der Waals surface area contributed by atoms with Crippen LogP contribution >= 0.6 is 0 Å². The molecule has 1 atom stereocenters. The van der Waals surface area contributed by atoms with Crippen molar-refractivity contribution in [3.05, 3.63) is 42.5 Å². The van der Waals surface area contributed by atoms with Gasteiger partial charge in [-0.1, -0.05) is 18.2 Å². The van der Waals surface area contributed by atoms with Gasteiger partial charge in [0.2, 0.25) is 5.91 Å². The molecule has 0 bridgehead atoms. The van der Waals surface area contributed by atoms with Crippen molar-refractivity contribution in [1.29, 1.82) is 0 Å². The fraction of sp³-hybridized carbons (Fsp3) is 0.353. The molecule has 0 spiro atoms. The van der Waals surface area contributed by atoms with Gasteiger partial charge in [0.05, 0.1) is 11.9 Å². The molecule has 1 aromatic rings. The summed E-state index contributed by atoms with van der Waals surface area (Å²) in [5.41, 5.74) is 0.962. The van der Waals surface area contributed by atoms with Crippen molar-refractivity contribution < 1.29 is 24.6 Å². The Morgan fingerprint density at radius 3 is 1.83 bits per heavy atom. The van der Waals surface area contributed by atoms with E-state index in [-0.39, 0.29) is 11.9 Å². The fourth-order valence-corrected chi connectivity index (χ4v) is 2.08. The van der Waals surface area contributed by atoms with E-state index in [1.165, 1.54) is 0 Å². The highest BCUT2D eigenvalue weighted by Gasteiger charge is 2.18. The first kappa shape index (κ1) is 21.3. The number of carboxylic acids is 2. The van der Waals surface area contributed by atoms with Crippen molar-refractivity contribution in [2.45, 2.75) is 19.9 Å². The Hall–Kier alpha value is -2.67. The second-order valence-corrected chi connectivity index (χ2v) is 5.31. The number of para-hydroxylation sites is 1. The monoisotopic (exact) mass is 334 g/mol. The van der Waals surface area contributed by atoms with E-state index in [0.717, 1.165) is 12.2 Å². The normalized spacial score (nSPS) is 11.5. The summed E-state index contributed by atoms with van der Waals surface area (Å²) in [6.45, 7) is 4.53. The molecule has 1 aromatic carbocycles. The average Bonchev–Trinajstić information content (AvgIpc) is 2.46. The number of aliphatic carboxylic acids is 2. The molecule has 0 aliphatic rings. The van der Waals surface area contributed by atoms with Crippen LogP contribution in [0.4, 0.5) is 5.69 Å². The van der Waals surface area contributed by atoms with Crippen LogP contribution < -0.4 is 15.1 Å². The third-order valence-electron chi connectivity index (χ3n) is 2.80. The molecule has 1 rings (SSSR count). The van der Waals surface area contributed by atoms with Gasteiger partial charge in [-0.25, -0.2) is 0 Å². The maximum Gasteiger partial charge on any atom is 0.224 e. The van der Waals surface area contributed by atoms with Gasteiger partial charge in [-0.2, -0.15) is 0 Å². The molecule has 0 N–H and O–H groups in total. The zero-order chi connectivity index (χ0) is 18.7. The lowest BCUT2D eigenvalue weighted by Gasteiger charge is -2.30. The number of carbonyl (C=O) groups excluding carboxylic acids is 3. The molecular weight excluding hydrogens is 312 g/mol. The number of nitrogens with zero attached hydrogens (tertiary/aromatic N) is 2. The summed E-state index contributed by atoms with van der Waals surface area (Å²) in [4.78, 5) is 34.4. The van der Waals surface area contributed by atoms with E-state index in [1.54, 1.807) is 6.92 Å². The molecule has 132 valence electrons. The van der Waals surface area contributed by atoms with Gasteiger partial charge in [0.15, 0.2) is 0 Å². The second-order valence-electron chi connectivity index (χ2n) is 5.31. The quantitative estimate of drug-likeness (QED) is 0.620. The lowest BCUT2D eigenvalue weighted by atomic mass is 10.2. The predicted octanol–water partition coefficient (Wildman–Crippen LogP) is -0.968. The van der Waals surface area contributed by atoms with Gasteiger partial charge in [0, 0.05) is 25.2 Å². The third-order valence-corrected chi connectivity index (χ3v) is 2.80. The van der Waals surface area contributed by atoms with E-state index in [2.05, 4.69) is 11.8 Å². The van der Waals surface area contributed by atoms with E-state index in [4.69, 9.17) is 0 Å². The Kier molecular flexibility index (Phi) is 9.74. The van der Waals surface area contributed by atoms with Crippen molar-refractivity contribution in [2.24, 2.45) is 0 Å².